The fourth-order valence-corrected chi connectivity index (χ4v) is 1.63. The third kappa shape index (κ3) is 3.27. The van der Waals surface area contributed by atoms with Crippen LogP contribution in [0.5, 0.6) is 0 Å². The van der Waals surface area contributed by atoms with E-state index in [1.165, 1.54) is 5.57 Å². The number of hydrogen-bond acceptors (Lipinski definition) is 1. The Labute approximate surface area is 99.8 Å². The predicted molar refractivity (Wildman–Crippen MR) is 67.5 cm³/mol. The SMILES string of the molecule is C/C=C\C(C)=C/c1nc(I)c(Br)[nH]1. The Kier molecular flexibility index (Phi) is 4.18. The van der Waals surface area contributed by atoms with E-state index >= 15 is 0 Å². The highest BCUT2D eigenvalue weighted by atomic mass is 127. The number of allylic oxidation sites excluding steroid dienone is 3. The van der Waals surface area contributed by atoms with Crippen LogP contribution in [0.25, 0.3) is 6.08 Å². The summed E-state index contributed by atoms with van der Waals surface area (Å²) < 4.78 is 1.89. The highest BCUT2D eigenvalue weighted by Crippen LogP contribution is 2.16. The summed E-state index contributed by atoms with van der Waals surface area (Å²) in [6, 6.07) is 0. The molecule has 4 heteroatoms. The maximum Gasteiger partial charge on any atom is 0.134 e. The van der Waals surface area contributed by atoms with E-state index in [0.717, 1.165) is 14.1 Å². The fourth-order valence-electron chi connectivity index (χ4n) is 0.942. The molecule has 0 fully saturated rings. The van der Waals surface area contributed by atoms with Crippen molar-refractivity contribution >= 4 is 44.6 Å². The molecule has 0 aliphatic heterocycles. The van der Waals surface area contributed by atoms with Gasteiger partial charge < -0.3 is 4.98 Å². The van der Waals surface area contributed by atoms with Gasteiger partial charge in [0.25, 0.3) is 0 Å². The maximum atomic E-state index is 4.31. The molecule has 0 spiro atoms. The molecule has 0 radical (unpaired) electrons. The summed E-state index contributed by atoms with van der Waals surface area (Å²) in [5.41, 5.74) is 1.18. The lowest BCUT2D eigenvalue weighted by atomic mass is 10.2. The van der Waals surface area contributed by atoms with Gasteiger partial charge in [-0.05, 0) is 64.0 Å². The Morgan fingerprint density at radius 2 is 2.31 bits per heavy atom. The van der Waals surface area contributed by atoms with Gasteiger partial charge in [0.15, 0.2) is 0 Å². The normalized spacial score (nSPS) is 12.8. The van der Waals surface area contributed by atoms with Gasteiger partial charge in [-0.1, -0.05) is 12.2 Å². The number of nitrogens with zero attached hydrogens (tertiary/aromatic N) is 1. The predicted octanol–water partition coefficient (Wildman–Crippen LogP) is 3.76. The summed E-state index contributed by atoms with van der Waals surface area (Å²) in [4.78, 5) is 7.43. The van der Waals surface area contributed by atoms with Crippen LogP contribution in [-0.2, 0) is 0 Å². The van der Waals surface area contributed by atoms with Crippen LogP contribution < -0.4 is 0 Å². The molecule has 0 unspecified atom stereocenters. The lowest BCUT2D eigenvalue weighted by Gasteiger charge is -1.88. The Morgan fingerprint density at radius 1 is 1.62 bits per heavy atom. The van der Waals surface area contributed by atoms with E-state index in [-0.39, 0.29) is 0 Å². The molecule has 70 valence electrons. The van der Waals surface area contributed by atoms with Gasteiger partial charge in [-0.2, -0.15) is 0 Å². The second-order valence-electron chi connectivity index (χ2n) is 2.62. The minimum Gasteiger partial charge on any atom is -0.332 e. The first-order valence-electron chi connectivity index (χ1n) is 3.85. The van der Waals surface area contributed by atoms with Crippen LogP contribution in [-0.4, -0.2) is 9.97 Å². The zero-order valence-corrected chi connectivity index (χ0v) is 11.2. The second-order valence-corrected chi connectivity index (χ2v) is 4.43. The molecule has 13 heavy (non-hydrogen) atoms. The minimum atomic E-state index is 0.881. The molecule has 0 atom stereocenters. The van der Waals surface area contributed by atoms with Crippen LogP contribution in [0.3, 0.4) is 0 Å². The Balaban J connectivity index is 2.91. The lowest BCUT2D eigenvalue weighted by Crippen LogP contribution is -1.76. The average molecular weight is 353 g/mol. The van der Waals surface area contributed by atoms with Gasteiger partial charge in [-0.25, -0.2) is 4.98 Å². The molecule has 0 saturated heterocycles. The van der Waals surface area contributed by atoms with Crippen LogP contribution in [0.15, 0.2) is 22.3 Å². The minimum absolute atomic E-state index is 0.881. The van der Waals surface area contributed by atoms with Gasteiger partial charge in [-0.3, -0.25) is 0 Å². The van der Waals surface area contributed by atoms with Crippen molar-refractivity contribution in [3.8, 4) is 0 Å². The van der Waals surface area contributed by atoms with Crippen molar-refractivity contribution in [3.05, 3.63) is 31.9 Å². The van der Waals surface area contributed by atoms with Crippen molar-refractivity contribution in [1.29, 1.82) is 0 Å². The molecule has 2 nitrogen and oxygen atoms in total. The molecule has 1 N–H and O–H groups in total. The number of aromatic nitrogens is 2. The number of aromatic amines is 1. The number of H-pyrrole nitrogens is 1. The third-order valence-corrected chi connectivity index (χ3v) is 3.53. The van der Waals surface area contributed by atoms with E-state index in [4.69, 9.17) is 0 Å². The summed E-state index contributed by atoms with van der Waals surface area (Å²) in [6.07, 6.45) is 6.06. The molecule has 0 aromatic carbocycles. The van der Waals surface area contributed by atoms with Crippen LogP contribution in [0.1, 0.15) is 19.7 Å². The first-order valence-corrected chi connectivity index (χ1v) is 5.72. The highest BCUT2D eigenvalue weighted by molar-refractivity contribution is 14.1. The largest absolute Gasteiger partial charge is 0.332 e. The number of hydrogen-bond donors (Lipinski definition) is 1. The third-order valence-electron chi connectivity index (χ3n) is 1.43. The van der Waals surface area contributed by atoms with Crippen LogP contribution >= 0.6 is 38.5 Å². The lowest BCUT2D eigenvalue weighted by molar-refractivity contribution is 1.24. The number of rotatable bonds is 2. The standard InChI is InChI=1S/C9H10BrIN2/c1-3-4-6(2)5-7-12-8(10)9(11)13-7/h3-5H,1-2H3,(H,12,13)/b4-3-,6-5-. The summed E-state index contributed by atoms with van der Waals surface area (Å²) in [6.45, 7) is 4.04. The molecule has 1 aromatic heterocycles. The molecule has 0 amide bonds. The van der Waals surface area contributed by atoms with Gasteiger partial charge in [-0.15, -0.1) is 0 Å². The van der Waals surface area contributed by atoms with Crippen LogP contribution in [0.2, 0.25) is 0 Å². The Bertz CT molecular complexity index is 333. The summed E-state index contributed by atoms with van der Waals surface area (Å²) >= 11 is 5.55. The monoisotopic (exact) mass is 352 g/mol. The van der Waals surface area contributed by atoms with Gasteiger partial charge >= 0.3 is 0 Å². The van der Waals surface area contributed by atoms with E-state index in [1.807, 2.05) is 32.1 Å². The first kappa shape index (κ1) is 11.0. The molecule has 1 aromatic rings. The second kappa shape index (κ2) is 4.95. The van der Waals surface area contributed by atoms with E-state index in [1.54, 1.807) is 0 Å². The van der Waals surface area contributed by atoms with Crippen molar-refractivity contribution in [2.24, 2.45) is 0 Å². The molecule has 1 rings (SSSR count). The molecule has 1 heterocycles. The Hall–Kier alpha value is -0.100. The molecule has 0 aliphatic carbocycles. The van der Waals surface area contributed by atoms with Gasteiger partial charge in [0.05, 0.1) is 0 Å². The van der Waals surface area contributed by atoms with Crippen molar-refractivity contribution in [1.82, 2.24) is 9.97 Å². The number of nitrogens with one attached hydrogen (secondary N) is 1. The smallest absolute Gasteiger partial charge is 0.134 e. The van der Waals surface area contributed by atoms with Gasteiger partial charge in [0, 0.05) is 0 Å². The highest BCUT2D eigenvalue weighted by Gasteiger charge is 2.01. The van der Waals surface area contributed by atoms with Crippen LogP contribution in [0.4, 0.5) is 0 Å². The van der Waals surface area contributed by atoms with Crippen molar-refractivity contribution in [2.75, 3.05) is 0 Å². The Morgan fingerprint density at radius 3 is 2.77 bits per heavy atom. The zero-order chi connectivity index (χ0) is 9.84. The molecule has 0 saturated carbocycles. The maximum absolute atomic E-state index is 4.31. The average Bonchev–Trinajstić information content (AvgIpc) is 2.31. The zero-order valence-electron chi connectivity index (χ0n) is 7.44. The van der Waals surface area contributed by atoms with E-state index in [0.29, 0.717) is 0 Å². The molecule has 0 aliphatic rings. The quantitative estimate of drug-likeness (QED) is 0.637. The summed E-state index contributed by atoms with van der Waals surface area (Å²) in [5, 5.41) is 0. The fraction of sp³-hybridized carbons (Fsp3) is 0.222. The summed E-state index contributed by atoms with van der Waals surface area (Å²) in [5.74, 6) is 0.881. The molecular formula is C9H10BrIN2. The van der Waals surface area contributed by atoms with Gasteiger partial charge in [0.1, 0.15) is 14.1 Å². The van der Waals surface area contributed by atoms with Crippen molar-refractivity contribution < 1.29 is 0 Å². The van der Waals surface area contributed by atoms with Crippen LogP contribution in [0, 0.1) is 3.70 Å². The number of imidazole rings is 1. The van der Waals surface area contributed by atoms with E-state index < -0.39 is 0 Å². The summed E-state index contributed by atoms with van der Waals surface area (Å²) in [7, 11) is 0. The van der Waals surface area contributed by atoms with Crippen molar-refractivity contribution in [2.45, 2.75) is 13.8 Å². The first-order chi connectivity index (χ1) is 6.13. The van der Waals surface area contributed by atoms with Gasteiger partial charge in [0.2, 0.25) is 0 Å². The number of halogens is 2. The molecular weight excluding hydrogens is 343 g/mol. The topological polar surface area (TPSA) is 28.7 Å². The van der Waals surface area contributed by atoms with E-state index in [9.17, 15) is 0 Å². The molecule has 0 bridgehead atoms. The van der Waals surface area contributed by atoms with E-state index in [2.05, 4.69) is 48.5 Å². The van der Waals surface area contributed by atoms with Crippen molar-refractivity contribution in [3.63, 3.8) is 0 Å².